The van der Waals surface area contributed by atoms with Crippen LogP contribution in [0.5, 0.6) is 0 Å². The highest BCUT2D eigenvalue weighted by Gasteiger charge is 2.25. The molecule has 17 heavy (non-hydrogen) atoms. The first-order valence-electron chi connectivity index (χ1n) is 5.63. The molecule has 0 bridgehead atoms. The number of nitrogens with zero attached hydrogens (tertiary/aromatic N) is 3. The maximum absolute atomic E-state index is 6.14. The molecule has 1 aliphatic rings. The first-order valence-corrected chi connectivity index (χ1v) is 7.95. The smallest absolute Gasteiger partial charge is 0.148 e. The van der Waals surface area contributed by atoms with Crippen molar-refractivity contribution >= 4 is 39.3 Å². The molecule has 0 saturated carbocycles. The highest BCUT2D eigenvalue weighted by molar-refractivity contribution is 9.10. The van der Waals surface area contributed by atoms with Crippen molar-refractivity contribution in [1.29, 1.82) is 0 Å². The van der Waals surface area contributed by atoms with Gasteiger partial charge in [-0.3, -0.25) is 4.90 Å². The van der Waals surface area contributed by atoms with Crippen molar-refractivity contribution in [3.8, 4) is 0 Å². The number of hydrogen-bond donors (Lipinski definition) is 0. The zero-order valence-electron chi connectivity index (χ0n) is 9.91. The van der Waals surface area contributed by atoms with Gasteiger partial charge in [0.25, 0.3) is 0 Å². The number of halogens is 2. The number of aromatic nitrogens is 2. The zero-order valence-corrected chi connectivity index (χ0v) is 13.1. The minimum atomic E-state index is 0.282. The zero-order chi connectivity index (χ0) is 12.4. The van der Waals surface area contributed by atoms with Crippen LogP contribution in [0.25, 0.3) is 0 Å². The number of aryl methyl sites for hydroxylation is 1. The average molecular weight is 337 g/mol. The molecule has 1 aromatic rings. The van der Waals surface area contributed by atoms with Crippen LogP contribution < -0.4 is 0 Å². The van der Waals surface area contributed by atoms with E-state index in [-0.39, 0.29) is 6.04 Å². The van der Waals surface area contributed by atoms with E-state index in [0.29, 0.717) is 5.15 Å². The Hall–Kier alpha value is 0.160. The number of rotatable bonds is 2. The molecular weight excluding hydrogens is 322 g/mol. The second-order valence-corrected chi connectivity index (χ2v) is 6.36. The first kappa shape index (κ1) is 13.6. The van der Waals surface area contributed by atoms with Crippen LogP contribution in [0.3, 0.4) is 0 Å². The third kappa shape index (κ3) is 2.95. The van der Waals surface area contributed by atoms with Gasteiger partial charge in [-0.25, -0.2) is 9.97 Å². The van der Waals surface area contributed by atoms with E-state index in [1.165, 1.54) is 5.75 Å². The van der Waals surface area contributed by atoms with Gasteiger partial charge in [-0.1, -0.05) is 18.5 Å². The van der Waals surface area contributed by atoms with E-state index >= 15 is 0 Å². The van der Waals surface area contributed by atoms with Gasteiger partial charge < -0.3 is 0 Å². The van der Waals surface area contributed by atoms with Crippen LogP contribution in [0.2, 0.25) is 5.15 Å². The van der Waals surface area contributed by atoms with Crippen LogP contribution in [0, 0.1) is 0 Å². The van der Waals surface area contributed by atoms with Crippen LogP contribution >= 0.6 is 39.3 Å². The molecule has 0 aliphatic carbocycles. The van der Waals surface area contributed by atoms with Crippen molar-refractivity contribution in [1.82, 2.24) is 14.9 Å². The van der Waals surface area contributed by atoms with Gasteiger partial charge >= 0.3 is 0 Å². The Morgan fingerprint density at radius 1 is 1.53 bits per heavy atom. The molecule has 1 unspecified atom stereocenters. The summed E-state index contributed by atoms with van der Waals surface area (Å²) in [5, 5.41) is 0.524. The fourth-order valence-electron chi connectivity index (χ4n) is 1.82. The van der Waals surface area contributed by atoms with E-state index in [9.17, 15) is 0 Å². The first-order chi connectivity index (χ1) is 8.13. The van der Waals surface area contributed by atoms with E-state index in [2.05, 4.69) is 44.8 Å². The lowest BCUT2D eigenvalue weighted by atomic mass is 10.2. The van der Waals surface area contributed by atoms with E-state index in [0.717, 1.165) is 34.7 Å². The lowest BCUT2D eigenvalue weighted by Crippen LogP contribution is -2.34. The average Bonchev–Trinajstić information content (AvgIpc) is 2.33. The minimum absolute atomic E-state index is 0.282. The maximum Gasteiger partial charge on any atom is 0.148 e. The Morgan fingerprint density at radius 3 is 2.94 bits per heavy atom. The van der Waals surface area contributed by atoms with E-state index in [4.69, 9.17) is 11.6 Å². The Labute approximate surface area is 119 Å². The summed E-state index contributed by atoms with van der Waals surface area (Å²) < 4.78 is 0.830. The Balaban J connectivity index is 2.34. The Morgan fingerprint density at radius 2 is 2.29 bits per heavy atom. The second-order valence-electron chi connectivity index (χ2n) is 4.06. The quantitative estimate of drug-likeness (QED) is 0.776. The molecular formula is C11H15BrClN3S. The molecule has 1 aliphatic heterocycles. The fraction of sp³-hybridized carbons (Fsp3) is 0.636. The van der Waals surface area contributed by atoms with Gasteiger partial charge in [-0.15, -0.1) is 0 Å². The van der Waals surface area contributed by atoms with Gasteiger partial charge in [0, 0.05) is 18.1 Å². The summed E-state index contributed by atoms with van der Waals surface area (Å²) in [5.41, 5.74) is 0.990. The Kier molecular flexibility index (Phi) is 4.69. The van der Waals surface area contributed by atoms with Crippen molar-refractivity contribution < 1.29 is 0 Å². The van der Waals surface area contributed by atoms with Crippen molar-refractivity contribution in [2.45, 2.75) is 19.4 Å². The molecule has 0 amide bonds. The lowest BCUT2D eigenvalue weighted by molar-refractivity contribution is 0.264. The van der Waals surface area contributed by atoms with Gasteiger partial charge in [0.2, 0.25) is 0 Å². The third-order valence-electron chi connectivity index (χ3n) is 2.93. The van der Waals surface area contributed by atoms with Gasteiger partial charge in [0.1, 0.15) is 11.0 Å². The van der Waals surface area contributed by atoms with Crippen molar-refractivity contribution in [3.63, 3.8) is 0 Å². The highest BCUT2D eigenvalue weighted by atomic mass is 79.9. The SMILES string of the molecule is CCc1nc(C2CSCCN2C)nc(Cl)c1Br. The van der Waals surface area contributed by atoms with E-state index < -0.39 is 0 Å². The highest BCUT2D eigenvalue weighted by Crippen LogP contribution is 2.30. The van der Waals surface area contributed by atoms with Crippen molar-refractivity contribution in [2.24, 2.45) is 0 Å². The molecule has 1 atom stereocenters. The van der Waals surface area contributed by atoms with Gasteiger partial charge in [0.15, 0.2) is 0 Å². The second kappa shape index (κ2) is 5.87. The van der Waals surface area contributed by atoms with Crippen LogP contribution in [-0.4, -0.2) is 40.0 Å². The summed E-state index contributed by atoms with van der Waals surface area (Å²) in [4.78, 5) is 11.3. The largest absolute Gasteiger partial charge is 0.295 e. The molecule has 3 nitrogen and oxygen atoms in total. The van der Waals surface area contributed by atoms with E-state index in [1.807, 2.05) is 11.8 Å². The normalized spacial score (nSPS) is 21.8. The van der Waals surface area contributed by atoms with Gasteiger partial charge in [0.05, 0.1) is 16.2 Å². The molecule has 0 radical (unpaired) electrons. The molecule has 0 spiro atoms. The maximum atomic E-state index is 6.14. The molecule has 1 fully saturated rings. The molecule has 2 rings (SSSR count). The molecule has 2 heterocycles. The lowest BCUT2D eigenvalue weighted by Gasteiger charge is -2.31. The number of thioether (sulfide) groups is 1. The van der Waals surface area contributed by atoms with Gasteiger partial charge in [-0.05, 0) is 29.4 Å². The fourth-order valence-corrected chi connectivity index (χ4v) is 3.69. The summed E-state index contributed by atoms with van der Waals surface area (Å²) >= 11 is 11.5. The number of hydrogen-bond acceptors (Lipinski definition) is 4. The van der Waals surface area contributed by atoms with Crippen LogP contribution in [0.1, 0.15) is 24.5 Å². The summed E-state index contributed by atoms with van der Waals surface area (Å²) in [6.07, 6.45) is 0.861. The Bertz CT molecular complexity index is 416. The minimum Gasteiger partial charge on any atom is -0.295 e. The molecule has 94 valence electrons. The standard InChI is InChI=1S/C11H15BrClN3S/c1-3-7-9(12)10(13)15-11(14-7)8-6-17-5-4-16(8)2/h8H,3-6H2,1-2H3. The third-order valence-corrected chi connectivity index (χ3v) is 5.28. The summed E-state index contributed by atoms with van der Waals surface area (Å²) in [6.45, 7) is 3.15. The van der Waals surface area contributed by atoms with Crippen molar-refractivity contribution in [2.75, 3.05) is 25.1 Å². The molecule has 1 saturated heterocycles. The summed E-state index contributed by atoms with van der Waals surface area (Å²) in [5.74, 6) is 3.07. The molecule has 0 N–H and O–H groups in total. The van der Waals surface area contributed by atoms with Crippen molar-refractivity contribution in [3.05, 3.63) is 21.1 Å². The molecule has 6 heteroatoms. The predicted octanol–water partition coefficient (Wildman–Crippen LogP) is 3.17. The summed E-state index contributed by atoms with van der Waals surface area (Å²) in [7, 11) is 2.12. The van der Waals surface area contributed by atoms with Crippen LogP contribution in [0.4, 0.5) is 0 Å². The van der Waals surface area contributed by atoms with Gasteiger partial charge in [-0.2, -0.15) is 11.8 Å². The van der Waals surface area contributed by atoms with Crippen LogP contribution in [0.15, 0.2) is 4.47 Å². The monoisotopic (exact) mass is 335 g/mol. The predicted molar refractivity (Wildman–Crippen MR) is 76.8 cm³/mol. The van der Waals surface area contributed by atoms with Crippen LogP contribution in [-0.2, 0) is 6.42 Å². The van der Waals surface area contributed by atoms with E-state index in [1.54, 1.807) is 0 Å². The molecule has 0 aromatic carbocycles. The summed E-state index contributed by atoms with van der Waals surface area (Å²) in [6, 6.07) is 0.282. The topological polar surface area (TPSA) is 29.0 Å². The molecule has 1 aromatic heterocycles.